The molecule has 1 rings (SSSR count). The summed E-state index contributed by atoms with van der Waals surface area (Å²) in [5.41, 5.74) is 0.956. The number of nitrogens with zero attached hydrogens (tertiary/aromatic N) is 2. The second kappa shape index (κ2) is 10.9. The van der Waals surface area contributed by atoms with Gasteiger partial charge in [0.2, 0.25) is 5.91 Å². The van der Waals surface area contributed by atoms with E-state index in [1.807, 2.05) is 24.3 Å². The highest BCUT2D eigenvalue weighted by atomic mass is 16.5. The van der Waals surface area contributed by atoms with Gasteiger partial charge in [0.15, 0.2) is 5.96 Å². The largest absolute Gasteiger partial charge is 0.489 e. The van der Waals surface area contributed by atoms with Crippen LogP contribution >= 0.6 is 0 Å². The Bertz CT molecular complexity index is 582. The topological polar surface area (TPSA) is 66.0 Å². The average Bonchev–Trinajstić information content (AvgIpc) is 2.59. The predicted octanol–water partition coefficient (Wildman–Crippen LogP) is 1.56. The maximum Gasteiger partial charge on any atom is 0.241 e. The van der Waals surface area contributed by atoms with Gasteiger partial charge in [-0.1, -0.05) is 36.9 Å². The normalized spacial score (nSPS) is 10.7. The number of amides is 1. The summed E-state index contributed by atoms with van der Waals surface area (Å²) in [4.78, 5) is 17.7. The number of nitrogens with one attached hydrogen (secondary N) is 2. The molecule has 0 radical (unpaired) electrons. The van der Waals surface area contributed by atoms with Gasteiger partial charge in [-0.25, -0.2) is 4.99 Å². The molecule has 2 N–H and O–H groups in total. The van der Waals surface area contributed by atoms with E-state index in [4.69, 9.17) is 4.74 Å². The van der Waals surface area contributed by atoms with Crippen molar-refractivity contribution in [1.29, 1.82) is 0 Å². The Kier molecular flexibility index (Phi) is 8.74. The minimum atomic E-state index is -0.0298. The van der Waals surface area contributed by atoms with Crippen LogP contribution < -0.4 is 15.4 Å². The van der Waals surface area contributed by atoms with Gasteiger partial charge in [-0.3, -0.25) is 4.79 Å². The lowest BCUT2D eigenvalue weighted by Gasteiger charge is -2.14. The van der Waals surface area contributed by atoms with Crippen molar-refractivity contribution in [3.63, 3.8) is 0 Å². The number of ether oxygens (including phenoxy) is 1. The number of rotatable bonds is 9. The van der Waals surface area contributed by atoms with E-state index in [2.05, 4.69) is 28.8 Å². The third-order valence-corrected chi connectivity index (χ3v) is 3.06. The van der Waals surface area contributed by atoms with Gasteiger partial charge in [0.25, 0.3) is 0 Å². The Morgan fingerprint density at radius 3 is 2.67 bits per heavy atom. The highest BCUT2D eigenvalue weighted by Gasteiger charge is 2.06. The third-order valence-electron chi connectivity index (χ3n) is 3.06. The number of carbonyl (C=O) groups excluding carboxylic acids is 1. The van der Waals surface area contributed by atoms with Crippen LogP contribution in [-0.2, 0) is 11.3 Å². The number of likely N-dealkylation sites (N-methyl/N-ethyl adjacent to an activating group) is 1. The summed E-state index contributed by atoms with van der Waals surface area (Å²) < 4.78 is 5.62. The molecule has 0 aliphatic heterocycles. The van der Waals surface area contributed by atoms with Crippen LogP contribution in [0.1, 0.15) is 5.56 Å². The Balaban J connectivity index is 2.77. The van der Waals surface area contributed by atoms with E-state index < -0.39 is 0 Å². The van der Waals surface area contributed by atoms with E-state index in [1.165, 1.54) is 4.90 Å². The molecule has 0 spiro atoms. The van der Waals surface area contributed by atoms with Gasteiger partial charge in [-0.2, -0.15) is 0 Å². The van der Waals surface area contributed by atoms with Crippen LogP contribution in [0, 0.1) is 0 Å². The smallest absolute Gasteiger partial charge is 0.241 e. The van der Waals surface area contributed by atoms with Gasteiger partial charge in [0.1, 0.15) is 12.4 Å². The second-order valence-corrected chi connectivity index (χ2v) is 5.18. The lowest BCUT2D eigenvalue weighted by Crippen LogP contribution is -2.43. The molecule has 1 aromatic carbocycles. The number of carbonyl (C=O) groups is 1. The molecule has 6 heteroatoms. The summed E-state index contributed by atoms with van der Waals surface area (Å²) in [7, 11) is 3.43. The molecule has 1 aromatic rings. The van der Waals surface area contributed by atoms with Gasteiger partial charge in [0, 0.05) is 26.2 Å². The summed E-state index contributed by atoms with van der Waals surface area (Å²) >= 11 is 0. The number of para-hydroxylation sites is 1. The molecule has 6 nitrogen and oxygen atoms in total. The molecule has 0 fully saturated rings. The van der Waals surface area contributed by atoms with Crippen LogP contribution in [-0.4, -0.2) is 50.6 Å². The third kappa shape index (κ3) is 7.00. The second-order valence-electron chi connectivity index (χ2n) is 5.18. The molecule has 24 heavy (non-hydrogen) atoms. The first-order valence-electron chi connectivity index (χ1n) is 7.73. The summed E-state index contributed by atoms with van der Waals surface area (Å²) in [6, 6.07) is 7.70. The Morgan fingerprint density at radius 1 is 1.25 bits per heavy atom. The van der Waals surface area contributed by atoms with E-state index in [1.54, 1.807) is 26.2 Å². The summed E-state index contributed by atoms with van der Waals surface area (Å²) in [5, 5.41) is 6.10. The lowest BCUT2D eigenvalue weighted by molar-refractivity contribution is -0.127. The van der Waals surface area contributed by atoms with Gasteiger partial charge in [0.05, 0.1) is 13.1 Å². The van der Waals surface area contributed by atoms with Crippen molar-refractivity contribution in [2.45, 2.75) is 6.54 Å². The standard InChI is InChI=1S/C18H26N4O2/c1-5-11-19-18(21-14-17(23)22(3)4)20-13-15-9-7-8-10-16(15)24-12-6-2/h5-10H,1-2,11-14H2,3-4H3,(H2,19,20,21). The number of hydrogen-bond donors (Lipinski definition) is 2. The van der Waals surface area contributed by atoms with Crippen LogP contribution in [0.4, 0.5) is 0 Å². The fraction of sp³-hybridized carbons (Fsp3) is 0.333. The fourth-order valence-electron chi connectivity index (χ4n) is 1.75. The minimum absolute atomic E-state index is 0.0298. The van der Waals surface area contributed by atoms with Crippen LogP contribution in [0.3, 0.4) is 0 Å². The predicted molar refractivity (Wildman–Crippen MR) is 98.2 cm³/mol. The molecule has 1 amide bonds. The van der Waals surface area contributed by atoms with E-state index in [-0.39, 0.29) is 12.5 Å². The Hall–Kier alpha value is -2.76. The van der Waals surface area contributed by atoms with E-state index in [0.717, 1.165) is 11.3 Å². The average molecular weight is 330 g/mol. The van der Waals surface area contributed by atoms with Crippen molar-refractivity contribution in [2.24, 2.45) is 4.99 Å². The monoisotopic (exact) mass is 330 g/mol. The SMILES string of the molecule is C=CCNC(=NCc1ccccc1OCC=C)NCC(=O)N(C)C. The Labute approximate surface area is 143 Å². The Morgan fingerprint density at radius 2 is 2.00 bits per heavy atom. The number of hydrogen-bond acceptors (Lipinski definition) is 3. The van der Waals surface area contributed by atoms with Crippen LogP contribution in [0.15, 0.2) is 54.6 Å². The number of guanidine groups is 1. The maximum atomic E-state index is 11.7. The van der Waals surface area contributed by atoms with Crippen molar-refractivity contribution in [3.8, 4) is 5.75 Å². The molecule has 0 atom stereocenters. The molecule has 130 valence electrons. The zero-order valence-electron chi connectivity index (χ0n) is 14.4. The highest BCUT2D eigenvalue weighted by molar-refractivity contribution is 5.86. The summed E-state index contributed by atoms with van der Waals surface area (Å²) in [5.74, 6) is 1.29. The fourth-order valence-corrected chi connectivity index (χ4v) is 1.75. The van der Waals surface area contributed by atoms with Crippen molar-refractivity contribution in [1.82, 2.24) is 15.5 Å². The number of benzene rings is 1. The molecule has 0 saturated carbocycles. The van der Waals surface area contributed by atoms with Gasteiger partial charge >= 0.3 is 0 Å². The summed E-state index contributed by atoms with van der Waals surface area (Å²) in [6.45, 7) is 8.92. The van der Waals surface area contributed by atoms with Gasteiger partial charge in [-0.05, 0) is 6.07 Å². The molecule has 0 aliphatic rings. The molecular weight excluding hydrogens is 304 g/mol. The molecule has 0 heterocycles. The van der Waals surface area contributed by atoms with Crippen LogP contribution in [0.5, 0.6) is 5.75 Å². The lowest BCUT2D eigenvalue weighted by atomic mass is 10.2. The van der Waals surface area contributed by atoms with Gasteiger partial charge in [-0.15, -0.1) is 6.58 Å². The zero-order valence-corrected chi connectivity index (χ0v) is 14.4. The van der Waals surface area contributed by atoms with Crippen LogP contribution in [0.2, 0.25) is 0 Å². The molecule has 0 aliphatic carbocycles. The van der Waals surface area contributed by atoms with E-state index in [0.29, 0.717) is 25.7 Å². The minimum Gasteiger partial charge on any atom is -0.489 e. The zero-order chi connectivity index (χ0) is 17.8. The van der Waals surface area contributed by atoms with Crippen molar-refractivity contribution in [3.05, 3.63) is 55.1 Å². The van der Waals surface area contributed by atoms with E-state index >= 15 is 0 Å². The van der Waals surface area contributed by atoms with Crippen molar-refractivity contribution in [2.75, 3.05) is 33.8 Å². The molecule has 0 saturated heterocycles. The highest BCUT2D eigenvalue weighted by Crippen LogP contribution is 2.18. The first-order chi connectivity index (χ1) is 11.6. The van der Waals surface area contributed by atoms with Gasteiger partial charge < -0.3 is 20.3 Å². The van der Waals surface area contributed by atoms with E-state index in [9.17, 15) is 4.79 Å². The summed E-state index contributed by atoms with van der Waals surface area (Å²) in [6.07, 6.45) is 3.43. The van der Waals surface area contributed by atoms with Crippen molar-refractivity contribution >= 4 is 11.9 Å². The maximum absolute atomic E-state index is 11.7. The molecular formula is C18H26N4O2. The molecule has 0 aromatic heterocycles. The first-order valence-corrected chi connectivity index (χ1v) is 7.73. The van der Waals surface area contributed by atoms with Crippen molar-refractivity contribution < 1.29 is 9.53 Å². The van der Waals surface area contributed by atoms with Crippen LogP contribution in [0.25, 0.3) is 0 Å². The first kappa shape index (κ1) is 19.3. The quantitative estimate of drug-likeness (QED) is 0.410. The molecule has 0 bridgehead atoms. The number of aliphatic imine (C=N–C) groups is 1. The molecule has 0 unspecified atom stereocenters.